The van der Waals surface area contributed by atoms with Crippen molar-refractivity contribution >= 4 is 40.2 Å². The minimum absolute atomic E-state index is 0.0464. The molecule has 0 spiro atoms. The van der Waals surface area contributed by atoms with Crippen LogP contribution in [-0.2, 0) is 4.79 Å². The predicted octanol–water partition coefficient (Wildman–Crippen LogP) is 7.05. The van der Waals surface area contributed by atoms with Crippen LogP contribution in [0, 0.1) is 5.41 Å². The number of carbonyl (C=O) groups is 1. The maximum Gasteiger partial charge on any atom is 0.303 e. The monoisotopic (exact) mass is 560 g/mol. The molecule has 204 valence electrons. The third-order valence-electron chi connectivity index (χ3n) is 7.47. The Labute approximate surface area is 232 Å². The number of aromatic nitrogens is 1. The van der Waals surface area contributed by atoms with Crippen molar-refractivity contribution in [1.82, 2.24) is 9.88 Å². The molecule has 1 aliphatic heterocycles. The van der Waals surface area contributed by atoms with E-state index in [-0.39, 0.29) is 17.9 Å². The summed E-state index contributed by atoms with van der Waals surface area (Å²) in [5.74, 6) is 1.55. The summed E-state index contributed by atoms with van der Waals surface area (Å²) in [6.07, 6.45) is 2.34. The van der Waals surface area contributed by atoms with E-state index in [0.717, 1.165) is 48.9 Å². The second kappa shape index (κ2) is 13.0. The third kappa shape index (κ3) is 7.10. The Kier molecular flexibility index (Phi) is 9.74. The minimum Gasteiger partial charge on any atom is -0.497 e. The van der Waals surface area contributed by atoms with Gasteiger partial charge in [-0.3, -0.25) is 9.78 Å². The van der Waals surface area contributed by atoms with Crippen LogP contribution in [0.15, 0.2) is 53.6 Å². The smallest absolute Gasteiger partial charge is 0.303 e. The van der Waals surface area contributed by atoms with E-state index in [0.29, 0.717) is 28.6 Å². The summed E-state index contributed by atoms with van der Waals surface area (Å²) in [5, 5.41) is 10.6. The Morgan fingerprint density at radius 2 is 1.92 bits per heavy atom. The lowest BCUT2D eigenvalue weighted by Gasteiger charge is -2.41. The molecule has 38 heavy (non-hydrogen) atoms. The van der Waals surface area contributed by atoms with Crippen molar-refractivity contribution in [2.45, 2.75) is 43.2 Å². The van der Waals surface area contributed by atoms with E-state index in [9.17, 15) is 9.90 Å². The number of alkyl halides is 1. The van der Waals surface area contributed by atoms with Crippen molar-refractivity contribution in [3.05, 3.63) is 59.2 Å². The maximum atomic E-state index is 15.8. The summed E-state index contributed by atoms with van der Waals surface area (Å²) in [5.41, 5.74) is 0.612. The Morgan fingerprint density at radius 3 is 2.63 bits per heavy atom. The first kappa shape index (κ1) is 28.5. The number of halogens is 2. The fourth-order valence-electron chi connectivity index (χ4n) is 5.26. The highest BCUT2D eigenvalue weighted by atomic mass is 35.5. The standard InChI is InChI=1S/C29H34ClFN2O4S/c1-36-20-4-3-5-22(16-20)38-15-14-33-12-10-29(11-13-33,18-27(34)35)9-8-25(31)28-23-17-21(37-2)6-7-26(23)32-19-24(28)30/h3-7,16-17,19,25H,8-15,18H2,1-2H3,(H,34,35). The summed E-state index contributed by atoms with van der Waals surface area (Å²) in [6, 6.07) is 13.3. The van der Waals surface area contributed by atoms with Gasteiger partial charge in [-0.2, -0.15) is 0 Å². The molecule has 3 aromatic rings. The van der Waals surface area contributed by atoms with Gasteiger partial charge in [-0.1, -0.05) is 17.7 Å². The second-order valence-electron chi connectivity index (χ2n) is 9.85. The van der Waals surface area contributed by atoms with Crippen LogP contribution in [0.1, 0.15) is 43.8 Å². The number of likely N-dealkylation sites (tertiary alicyclic amines) is 1. The van der Waals surface area contributed by atoms with Crippen LogP contribution in [0.25, 0.3) is 10.9 Å². The Hall–Kier alpha value is -2.55. The van der Waals surface area contributed by atoms with E-state index in [4.69, 9.17) is 21.1 Å². The first-order valence-electron chi connectivity index (χ1n) is 12.8. The number of ether oxygens (including phenoxy) is 2. The van der Waals surface area contributed by atoms with Crippen molar-refractivity contribution in [1.29, 1.82) is 0 Å². The molecule has 6 nitrogen and oxygen atoms in total. The number of fused-ring (bicyclic) bond motifs is 1. The van der Waals surface area contributed by atoms with Crippen LogP contribution in [0.4, 0.5) is 4.39 Å². The number of carboxylic acids is 1. The van der Waals surface area contributed by atoms with E-state index < -0.39 is 17.6 Å². The molecule has 1 N–H and O–H groups in total. The summed E-state index contributed by atoms with van der Waals surface area (Å²) < 4.78 is 26.4. The molecule has 1 atom stereocenters. The van der Waals surface area contributed by atoms with Gasteiger partial charge >= 0.3 is 5.97 Å². The lowest BCUT2D eigenvalue weighted by molar-refractivity contribution is -0.141. The van der Waals surface area contributed by atoms with Crippen LogP contribution >= 0.6 is 23.4 Å². The first-order valence-corrected chi connectivity index (χ1v) is 14.2. The summed E-state index contributed by atoms with van der Waals surface area (Å²) in [4.78, 5) is 19.6. The molecule has 0 amide bonds. The molecule has 0 saturated carbocycles. The van der Waals surface area contributed by atoms with Gasteiger partial charge in [-0.25, -0.2) is 4.39 Å². The molecule has 4 rings (SSSR count). The Bertz CT molecular complexity index is 1250. The van der Waals surface area contributed by atoms with Crippen molar-refractivity contribution in [2.75, 3.05) is 39.6 Å². The van der Waals surface area contributed by atoms with E-state index in [1.807, 2.05) is 18.2 Å². The number of pyridine rings is 1. The number of carboxylic acid groups (broad SMARTS) is 1. The van der Waals surface area contributed by atoms with Crippen LogP contribution in [0.2, 0.25) is 5.02 Å². The molecule has 1 fully saturated rings. The van der Waals surface area contributed by atoms with Crippen LogP contribution < -0.4 is 9.47 Å². The minimum atomic E-state index is -1.33. The number of hydrogen-bond acceptors (Lipinski definition) is 6. The normalized spacial score (nSPS) is 16.3. The number of aliphatic carboxylic acids is 1. The van der Waals surface area contributed by atoms with Gasteiger partial charge in [0, 0.05) is 34.3 Å². The number of hydrogen-bond donors (Lipinski definition) is 1. The van der Waals surface area contributed by atoms with Crippen LogP contribution in [-0.4, -0.2) is 60.6 Å². The second-order valence-corrected chi connectivity index (χ2v) is 11.4. The van der Waals surface area contributed by atoms with E-state index in [1.54, 1.807) is 44.2 Å². The molecule has 1 aliphatic rings. The number of piperidine rings is 1. The SMILES string of the molecule is COc1cccc(SCCN2CCC(CCC(F)c3c(Cl)cnc4ccc(OC)cc34)(CC(=O)O)CC2)c1. The van der Waals surface area contributed by atoms with Gasteiger partial charge in [0.05, 0.1) is 31.2 Å². The van der Waals surface area contributed by atoms with Crippen LogP contribution in [0.3, 0.4) is 0 Å². The van der Waals surface area contributed by atoms with E-state index >= 15 is 4.39 Å². The molecule has 1 saturated heterocycles. The van der Waals surface area contributed by atoms with Gasteiger partial charge in [0.15, 0.2) is 0 Å². The zero-order chi connectivity index (χ0) is 27.1. The number of methoxy groups -OCH3 is 2. The molecule has 2 aromatic carbocycles. The molecule has 2 heterocycles. The molecular weight excluding hydrogens is 527 g/mol. The summed E-state index contributed by atoms with van der Waals surface area (Å²) in [7, 11) is 3.22. The van der Waals surface area contributed by atoms with Crippen LogP contribution in [0.5, 0.6) is 11.5 Å². The van der Waals surface area contributed by atoms with Crippen molar-refractivity contribution in [2.24, 2.45) is 5.41 Å². The lowest BCUT2D eigenvalue weighted by atomic mass is 9.71. The summed E-state index contributed by atoms with van der Waals surface area (Å²) in [6.45, 7) is 2.52. The number of thioether (sulfide) groups is 1. The predicted molar refractivity (Wildman–Crippen MR) is 150 cm³/mol. The highest BCUT2D eigenvalue weighted by molar-refractivity contribution is 7.99. The molecule has 0 radical (unpaired) electrons. The average Bonchev–Trinajstić information content (AvgIpc) is 2.92. The van der Waals surface area contributed by atoms with Crippen molar-refractivity contribution in [3.63, 3.8) is 0 Å². The van der Waals surface area contributed by atoms with Crippen molar-refractivity contribution < 1.29 is 23.8 Å². The fraction of sp³-hybridized carbons (Fsp3) is 0.448. The number of nitrogens with zero attached hydrogens (tertiary/aromatic N) is 2. The van der Waals surface area contributed by atoms with Crippen molar-refractivity contribution in [3.8, 4) is 11.5 Å². The average molecular weight is 561 g/mol. The molecule has 0 bridgehead atoms. The summed E-state index contributed by atoms with van der Waals surface area (Å²) >= 11 is 8.19. The molecule has 9 heteroatoms. The number of benzene rings is 2. The van der Waals surface area contributed by atoms with Gasteiger partial charge in [-0.05, 0) is 80.6 Å². The molecular formula is C29H34ClFN2O4S. The van der Waals surface area contributed by atoms with Gasteiger partial charge < -0.3 is 19.5 Å². The largest absolute Gasteiger partial charge is 0.497 e. The topological polar surface area (TPSA) is 71.9 Å². The number of rotatable bonds is 12. The first-order chi connectivity index (χ1) is 18.3. The highest BCUT2D eigenvalue weighted by Crippen LogP contribution is 2.44. The quantitative estimate of drug-likeness (QED) is 0.238. The van der Waals surface area contributed by atoms with Gasteiger partial charge in [0.25, 0.3) is 0 Å². The van der Waals surface area contributed by atoms with Gasteiger partial charge in [0.2, 0.25) is 0 Å². The maximum absolute atomic E-state index is 15.8. The van der Waals surface area contributed by atoms with E-state index in [2.05, 4.69) is 16.0 Å². The lowest BCUT2D eigenvalue weighted by Crippen LogP contribution is -2.42. The highest BCUT2D eigenvalue weighted by Gasteiger charge is 2.37. The van der Waals surface area contributed by atoms with E-state index in [1.165, 1.54) is 6.20 Å². The zero-order valence-electron chi connectivity index (χ0n) is 21.8. The van der Waals surface area contributed by atoms with Gasteiger partial charge in [-0.15, -0.1) is 11.8 Å². The molecule has 0 aliphatic carbocycles. The Balaban J connectivity index is 1.37. The molecule has 1 unspecified atom stereocenters. The van der Waals surface area contributed by atoms with Gasteiger partial charge in [0.1, 0.15) is 17.7 Å². The third-order valence-corrected chi connectivity index (χ3v) is 8.75. The molecule has 1 aromatic heterocycles. The Morgan fingerprint density at radius 1 is 1.18 bits per heavy atom. The zero-order valence-corrected chi connectivity index (χ0v) is 23.4. The fourth-order valence-corrected chi connectivity index (χ4v) is 6.49.